The van der Waals surface area contributed by atoms with Crippen molar-refractivity contribution in [1.82, 2.24) is 10.3 Å². The van der Waals surface area contributed by atoms with Crippen LogP contribution in [0.2, 0.25) is 0 Å². The van der Waals surface area contributed by atoms with Gasteiger partial charge in [-0.2, -0.15) is 0 Å². The third-order valence-corrected chi connectivity index (χ3v) is 4.77. The number of carbonyl (C=O) groups excluding carboxylic acids is 2. The van der Waals surface area contributed by atoms with Crippen molar-refractivity contribution in [3.05, 3.63) is 51.7 Å². The topological polar surface area (TPSA) is 93.5 Å². The number of anilines is 1. The van der Waals surface area contributed by atoms with Crippen LogP contribution in [-0.4, -0.2) is 30.5 Å². The minimum Gasteiger partial charge on any atom is -0.496 e. The number of ether oxygens (including phenoxy) is 1. The van der Waals surface area contributed by atoms with Gasteiger partial charge in [-0.25, -0.2) is 4.98 Å². The molecule has 2 aromatic heterocycles. The van der Waals surface area contributed by atoms with Gasteiger partial charge < -0.3 is 19.8 Å². The van der Waals surface area contributed by atoms with Crippen LogP contribution in [0, 0.1) is 6.92 Å². The van der Waals surface area contributed by atoms with E-state index in [4.69, 9.17) is 9.15 Å². The molecule has 27 heavy (non-hydrogen) atoms. The summed E-state index contributed by atoms with van der Waals surface area (Å²) in [7, 11) is 1.60. The van der Waals surface area contributed by atoms with Crippen LogP contribution >= 0.6 is 27.3 Å². The standard InChI is InChI=1S/C18H16BrN3O4S/c1-10-3-4-13(25-2)11(7-10)12-9-27-18(21-12)22-16(23)8-20-17(24)14-5-6-15(19)26-14/h3-7,9H,8H2,1-2H3,(H,20,24)(H,21,22,23). The van der Waals surface area contributed by atoms with E-state index in [9.17, 15) is 9.59 Å². The quantitative estimate of drug-likeness (QED) is 0.595. The molecule has 0 aliphatic carbocycles. The highest BCUT2D eigenvalue weighted by molar-refractivity contribution is 9.10. The van der Waals surface area contributed by atoms with Gasteiger partial charge in [0, 0.05) is 10.9 Å². The molecule has 0 saturated carbocycles. The lowest BCUT2D eigenvalue weighted by Crippen LogP contribution is -2.32. The predicted octanol–water partition coefficient (Wildman–Crippen LogP) is 3.85. The van der Waals surface area contributed by atoms with Gasteiger partial charge in [0.05, 0.1) is 19.3 Å². The Hall–Kier alpha value is -2.65. The first kappa shape index (κ1) is 19.1. The van der Waals surface area contributed by atoms with Crippen molar-refractivity contribution < 1.29 is 18.7 Å². The summed E-state index contributed by atoms with van der Waals surface area (Å²) in [5.41, 5.74) is 2.64. The molecule has 0 fully saturated rings. The van der Waals surface area contributed by atoms with Crippen LogP contribution in [-0.2, 0) is 4.79 Å². The monoisotopic (exact) mass is 449 g/mol. The molecule has 7 nitrogen and oxygen atoms in total. The number of hydrogen-bond acceptors (Lipinski definition) is 6. The summed E-state index contributed by atoms with van der Waals surface area (Å²) in [6.07, 6.45) is 0. The smallest absolute Gasteiger partial charge is 0.287 e. The second-order valence-corrected chi connectivity index (χ2v) is 7.22. The Labute approximate surface area is 167 Å². The molecule has 1 aromatic carbocycles. The van der Waals surface area contributed by atoms with Gasteiger partial charge in [-0.3, -0.25) is 9.59 Å². The van der Waals surface area contributed by atoms with Crippen molar-refractivity contribution in [2.75, 3.05) is 19.0 Å². The van der Waals surface area contributed by atoms with Crippen LogP contribution in [0.1, 0.15) is 16.1 Å². The third kappa shape index (κ3) is 4.75. The molecule has 0 aliphatic rings. The van der Waals surface area contributed by atoms with Gasteiger partial charge in [0.25, 0.3) is 5.91 Å². The Morgan fingerprint density at radius 1 is 1.30 bits per heavy atom. The van der Waals surface area contributed by atoms with E-state index in [1.165, 1.54) is 17.4 Å². The van der Waals surface area contributed by atoms with Crippen LogP contribution in [0.4, 0.5) is 5.13 Å². The molecule has 3 rings (SSSR count). The number of thiazole rings is 1. The fraction of sp³-hybridized carbons (Fsp3) is 0.167. The summed E-state index contributed by atoms with van der Waals surface area (Å²) < 4.78 is 10.9. The van der Waals surface area contributed by atoms with E-state index in [-0.39, 0.29) is 18.2 Å². The van der Waals surface area contributed by atoms with Gasteiger partial charge in [0.1, 0.15) is 5.75 Å². The summed E-state index contributed by atoms with van der Waals surface area (Å²) in [4.78, 5) is 28.4. The van der Waals surface area contributed by atoms with Crippen molar-refractivity contribution in [1.29, 1.82) is 0 Å². The fourth-order valence-corrected chi connectivity index (χ4v) is 3.36. The van der Waals surface area contributed by atoms with E-state index < -0.39 is 5.91 Å². The predicted molar refractivity (Wildman–Crippen MR) is 106 cm³/mol. The first-order valence-corrected chi connectivity index (χ1v) is 9.57. The Bertz CT molecular complexity index is 983. The Morgan fingerprint density at radius 3 is 2.81 bits per heavy atom. The number of nitrogens with one attached hydrogen (secondary N) is 2. The molecule has 0 aliphatic heterocycles. The van der Waals surface area contributed by atoms with E-state index in [0.717, 1.165) is 11.1 Å². The van der Waals surface area contributed by atoms with Crippen LogP contribution < -0.4 is 15.4 Å². The van der Waals surface area contributed by atoms with Crippen molar-refractivity contribution in [3.63, 3.8) is 0 Å². The van der Waals surface area contributed by atoms with Gasteiger partial charge >= 0.3 is 0 Å². The first-order valence-electron chi connectivity index (χ1n) is 7.90. The van der Waals surface area contributed by atoms with Crippen LogP contribution in [0.3, 0.4) is 0 Å². The lowest BCUT2D eigenvalue weighted by molar-refractivity contribution is -0.115. The lowest BCUT2D eigenvalue weighted by Gasteiger charge is -2.07. The summed E-state index contributed by atoms with van der Waals surface area (Å²) in [5.74, 6) is -0.0235. The van der Waals surface area contributed by atoms with E-state index >= 15 is 0 Å². The number of amides is 2. The van der Waals surface area contributed by atoms with Crippen molar-refractivity contribution in [3.8, 4) is 17.0 Å². The molecule has 0 radical (unpaired) electrons. The molecular weight excluding hydrogens is 434 g/mol. The highest BCUT2D eigenvalue weighted by atomic mass is 79.9. The van der Waals surface area contributed by atoms with Crippen LogP contribution in [0.25, 0.3) is 11.3 Å². The molecular formula is C18H16BrN3O4S. The molecule has 0 unspecified atom stereocenters. The minimum atomic E-state index is -0.472. The average molecular weight is 450 g/mol. The number of benzene rings is 1. The molecule has 0 bridgehead atoms. The molecule has 3 aromatic rings. The third-order valence-electron chi connectivity index (χ3n) is 3.59. The Kier molecular flexibility index (Phi) is 5.92. The summed E-state index contributed by atoms with van der Waals surface area (Å²) >= 11 is 4.41. The first-order chi connectivity index (χ1) is 13.0. The summed E-state index contributed by atoms with van der Waals surface area (Å²) in [6, 6.07) is 8.93. The minimum absolute atomic E-state index is 0.123. The zero-order chi connectivity index (χ0) is 19.4. The molecule has 0 atom stereocenters. The molecule has 2 heterocycles. The maximum atomic E-state index is 12.1. The van der Waals surface area contributed by atoms with Crippen LogP contribution in [0.15, 0.2) is 44.8 Å². The Balaban J connectivity index is 1.61. The van der Waals surface area contributed by atoms with Crippen molar-refractivity contribution in [2.45, 2.75) is 6.92 Å². The lowest BCUT2D eigenvalue weighted by atomic mass is 10.1. The largest absolute Gasteiger partial charge is 0.496 e. The van der Waals surface area contributed by atoms with E-state index in [2.05, 4.69) is 31.5 Å². The number of aromatic nitrogens is 1. The Morgan fingerprint density at radius 2 is 2.11 bits per heavy atom. The number of methoxy groups -OCH3 is 1. The van der Waals surface area contributed by atoms with Gasteiger partial charge in [-0.15, -0.1) is 11.3 Å². The second-order valence-electron chi connectivity index (χ2n) is 5.58. The SMILES string of the molecule is COc1ccc(C)cc1-c1csc(NC(=O)CNC(=O)c2ccc(Br)o2)n1. The highest BCUT2D eigenvalue weighted by Crippen LogP contribution is 2.32. The second kappa shape index (κ2) is 8.36. The molecule has 2 N–H and O–H groups in total. The maximum absolute atomic E-state index is 12.1. The van der Waals surface area contributed by atoms with E-state index in [0.29, 0.717) is 21.2 Å². The normalized spacial score (nSPS) is 10.5. The molecule has 9 heteroatoms. The number of furan rings is 1. The molecule has 0 spiro atoms. The summed E-state index contributed by atoms with van der Waals surface area (Å²) in [5, 5.41) is 7.43. The van der Waals surface area contributed by atoms with E-state index in [1.54, 1.807) is 13.2 Å². The number of halogens is 1. The number of rotatable bonds is 6. The number of hydrogen-bond donors (Lipinski definition) is 2. The fourth-order valence-electron chi connectivity index (χ4n) is 2.32. The zero-order valence-electron chi connectivity index (χ0n) is 14.5. The van der Waals surface area contributed by atoms with Crippen molar-refractivity contribution in [2.24, 2.45) is 0 Å². The van der Waals surface area contributed by atoms with Gasteiger partial charge in [-0.1, -0.05) is 11.6 Å². The zero-order valence-corrected chi connectivity index (χ0v) is 16.9. The van der Waals surface area contributed by atoms with Crippen LogP contribution in [0.5, 0.6) is 5.75 Å². The number of carbonyl (C=O) groups is 2. The van der Waals surface area contributed by atoms with Gasteiger partial charge in [0.2, 0.25) is 5.91 Å². The maximum Gasteiger partial charge on any atom is 0.287 e. The molecule has 0 saturated heterocycles. The highest BCUT2D eigenvalue weighted by Gasteiger charge is 2.14. The number of aryl methyl sites for hydroxylation is 1. The average Bonchev–Trinajstić information content (AvgIpc) is 3.29. The molecule has 2 amide bonds. The molecule has 140 valence electrons. The van der Waals surface area contributed by atoms with Gasteiger partial charge in [0.15, 0.2) is 15.6 Å². The number of nitrogens with zero attached hydrogens (tertiary/aromatic N) is 1. The summed E-state index contributed by atoms with van der Waals surface area (Å²) in [6.45, 7) is 1.79. The van der Waals surface area contributed by atoms with Gasteiger partial charge in [-0.05, 0) is 47.1 Å². The van der Waals surface area contributed by atoms with E-state index in [1.807, 2.05) is 30.5 Å². The van der Waals surface area contributed by atoms with Crippen molar-refractivity contribution >= 4 is 44.2 Å².